The molecule has 19 heavy (non-hydrogen) atoms. The van der Waals surface area contributed by atoms with Gasteiger partial charge in [-0.25, -0.2) is 0 Å². The minimum Gasteiger partial charge on any atom is -0.418 e. The van der Waals surface area contributed by atoms with Gasteiger partial charge in [-0.3, -0.25) is 4.79 Å². The molecule has 1 aliphatic rings. The van der Waals surface area contributed by atoms with E-state index in [-0.39, 0.29) is 11.7 Å². The van der Waals surface area contributed by atoms with Crippen LogP contribution in [0.5, 0.6) is 0 Å². The van der Waals surface area contributed by atoms with Crippen LogP contribution in [0.15, 0.2) is 0 Å². The standard InChI is InChI=1S/C10H26O5Si4/c1-9(10(2)11)8-19(7)14-16(3)12-18(5,6)13-17(4)15-19/h9,16-17H,8H2,1-7H3. The molecule has 0 aromatic heterocycles. The normalized spacial score (nSPS) is 37.2. The van der Waals surface area contributed by atoms with Crippen LogP contribution in [0.2, 0.25) is 38.8 Å². The van der Waals surface area contributed by atoms with E-state index in [1.54, 1.807) is 6.92 Å². The van der Waals surface area contributed by atoms with Gasteiger partial charge in [0.1, 0.15) is 5.78 Å². The molecule has 0 amide bonds. The summed E-state index contributed by atoms with van der Waals surface area (Å²) in [6, 6.07) is 0.686. The van der Waals surface area contributed by atoms with Gasteiger partial charge < -0.3 is 16.5 Å². The highest BCUT2D eigenvalue weighted by Gasteiger charge is 2.44. The smallest absolute Gasteiger partial charge is 0.317 e. The van der Waals surface area contributed by atoms with Crippen molar-refractivity contribution in [1.82, 2.24) is 0 Å². The molecule has 1 saturated heterocycles. The average molecular weight is 339 g/mol. The summed E-state index contributed by atoms with van der Waals surface area (Å²) in [5.41, 5.74) is 0. The van der Waals surface area contributed by atoms with E-state index in [2.05, 4.69) is 0 Å². The van der Waals surface area contributed by atoms with Crippen molar-refractivity contribution in [2.75, 3.05) is 0 Å². The number of carbonyl (C=O) groups excluding carboxylic acids is 1. The molecular weight excluding hydrogens is 312 g/mol. The van der Waals surface area contributed by atoms with E-state index in [1.165, 1.54) is 0 Å². The molecule has 0 bridgehead atoms. The lowest BCUT2D eigenvalue weighted by atomic mass is 10.1. The first-order chi connectivity index (χ1) is 8.53. The van der Waals surface area contributed by atoms with E-state index in [9.17, 15) is 4.79 Å². The van der Waals surface area contributed by atoms with Gasteiger partial charge in [0.05, 0.1) is 0 Å². The van der Waals surface area contributed by atoms with Crippen LogP contribution in [0.1, 0.15) is 13.8 Å². The maximum absolute atomic E-state index is 11.5. The molecule has 1 aliphatic heterocycles. The average Bonchev–Trinajstić information content (AvgIpc) is 2.10. The van der Waals surface area contributed by atoms with Gasteiger partial charge in [-0.05, 0) is 45.7 Å². The predicted octanol–water partition coefficient (Wildman–Crippen LogP) is 1.77. The lowest BCUT2D eigenvalue weighted by Crippen LogP contribution is -2.57. The number of rotatable bonds is 3. The van der Waals surface area contributed by atoms with Crippen molar-refractivity contribution in [1.29, 1.82) is 0 Å². The molecule has 5 nitrogen and oxygen atoms in total. The van der Waals surface area contributed by atoms with E-state index in [0.717, 1.165) is 0 Å². The summed E-state index contributed by atoms with van der Waals surface area (Å²) in [5, 5.41) is 0. The Morgan fingerprint density at radius 2 is 1.47 bits per heavy atom. The molecule has 0 spiro atoms. The first kappa shape index (κ1) is 17.4. The molecule has 112 valence electrons. The summed E-state index contributed by atoms with van der Waals surface area (Å²) in [4.78, 5) is 11.5. The summed E-state index contributed by atoms with van der Waals surface area (Å²) in [6.07, 6.45) is 0. The third-order valence-corrected chi connectivity index (χ3v) is 18.3. The fourth-order valence-corrected chi connectivity index (χ4v) is 19.3. The molecule has 0 aliphatic carbocycles. The molecule has 3 unspecified atom stereocenters. The van der Waals surface area contributed by atoms with E-state index in [4.69, 9.17) is 16.5 Å². The molecule has 0 aromatic carbocycles. The molecule has 0 saturated carbocycles. The summed E-state index contributed by atoms with van der Waals surface area (Å²) in [6.45, 7) is 13.7. The Morgan fingerprint density at radius 3 is 1.84 bits per heavy atom. The lowest BCUT2D eigenvalue weighted by molar-refractivity contribution is -0.119. The highest BCUT2D eigenvalue weighted by atomic mass is 28.5. The Morgan fingerprint density at radius 1 is 1.05 bits per heavy atom. The van der Waals surface area contributed by atoms with Crippen LogP contribution < -0.4 is 0 Å². The van der Waals surface area contributed by atoms with Crippen LogP contribution >= 0.6 is 0 Å². The van der Waals surface area contributed by atoms with Gasteiger partial charge in [0, 0.05) is 5.92 Å². The van der Waals surface area contributed by atoms with Gasteiger partial charge in [-0.1, -0.05) is 6.92 Å². The first-order valence-corrected chi connectivity index (χ1v) is 16.3. The molecule has 3 atom stereocenters. The van der Waals surface area contributed by atoms with Gasteiger partial charge >= 0.3 is 35.7 Å². The number of ketones is 1. The van der Waals surface area contributed by atoms with E-state index < -0.39 is 35.7 Å². The van der Waals surface area contributed by atoms with Gasteiger partial charge in [0.15, 0.2) is 0 Å². The second-order valence-corrected chi connectivity index (χ2v) is 17.4. The highest BCUT2D eigenvalue weighted by Crippen LogP contribution is 2.26. The molecule has 9 heteroatoms. The maximum Gasteiger partial charge on any atom is 0.317 e. The van der Waals surface area contributed by atoms with Crippen molar-refractivity contribution in [3.05, 3.63) is 0 Å². The number of hydrogen-bond donors (Lipinski definition) is 0. The van der Waals surface area contributed by atoms with Crippen molar-refractivity contribution < 1.29 is 21.3 Å². The molecule has 1 rings (SSSR count). The van der Waals surface area contributed by atoms with Crippen molar-refractivity contribution in [3.63, 3.8) is 0 Å². The van der Waals surface area contributed by atoms with Crippen LogP contribution in [0.3, 0.4) is 0 Å². The van der Waals surface area contributed by atoms with Crippen molar-refractivity contribution >= 4 is 41.5 Å². The molecule has 0 N–H and O–H groups in total. The third kappa shape index (κ3) is 5.71. The minimum atomic E-state index is -2.36. The van der Waals surface area contributed by atoms with Gasteiger partial charge in [-0.15, -0.1) is 0 Å². The van der Waals surface area contributed by atoms with Crippen LogP contribution in [-0.2, 0) is 21.3 Å². The largest absolute Gasteiger partial charge is 0.418 e. The second kappa shape index (κ2) is 6.43. The van der Waals surface area contributed by atoms with Crippen LogP contribution in [0.25, 0.3) is 0 Å². The van der Waals surface area contributed by atoms with Crippen LogP contribution in [-0.4, -0.2) is 41.5 Å². The van der Waals surface area contributed by atoms with Gasteiger partial charge in [0.25, 0.3) is 0 Å². The fourth-order valence-electron chi connectivity index (χ4n) is 2.40. The zero-order valence-electron chi connectivity index (χ0n) is 13.0. The minimum absolute atomic E-state index is 0.0243. The number of carbonyl (C=O) groups is 1. The fraction of sp³-hybridized carbons (Fsp3) is 0.900. The predicted molar refractivity (Wildman–Crippen MR) is 84.1 cm³/mol. The van der Waals surface area contributed by atoms with E-state index >= 15 is 0 Å². The molecule has 1 fully saturated rings. The zero-order chi connectivity index (χ0) is 14.8. The SMILES string of the molecule is CC(=O)C(C)C[Si]1(C)O[SiH](C)O[Si](C)(C)O[SiH](C)O1. The number of hydrogen-bond acceptors (Lipinski definition) is 5. The van der Waals surface area contributed by atoms with Gasteiger partial charge in [-0.2, -0.15) is 0 Å². The van der Waals surface area contributed by atoms with Crippen molar-refractivity contribution in [3.8, 4) is 0 Å². The Bertz CT molecular complexity index is 322. The topological polar surface area (TPSA) is 54.0 Å². The third-order valence-electron chi connectivity index (χ3n) is 3.10. The summed E-state index contributed by atoms with van der Waals surface area (Å²) >= 11 is 0. The van der Waals surface area contributed by atoms with E-state index in [0.29, 0.717) is 6.04 Å². The Labute approximate surface area is 121 Å². The van der Waals surface area contributed by atoms with Crippen LogP contribution in [0.4, 0.5) is 0 Å². The first-order valence-electron chi connectivity index (χ1n) is 6.75. The summed E-state index contributed by atoms with van der Waals surface area (Å²) < 4.78 is 24.4. The Kier molecular flexibility index (Phi) is 5.90. The molecule has 1 heterocycles. The highest BCUT2D eigenvalue weighted by molar-refractivity contribution is 6.85. The van der Waals surface area contributed by atoms with Crippen LogP contribution in [0, 0.1) is 5.92 Å². The molecular formula is C10H26O5Si4. The van der Waals surface area contributed by atoms with E-state index in [1.807, 2.05) is 39.7 Å². The lowest BCUT2D eigenvalue weighted by Gasteiger charge is -2.40. The van der Waals surface area contributed by atoms with Gasteiger partial charge in [0.2, 0.25) is 0 Å². The molecule has 0 radical (unpaired) electrons. The monoisotopic (exact) mass is 338 g/mol. The Balaban J connectivity index is 2.80. The Hall–Kier alpha value is 0.378. The zero-order valence-corrected chi connectivity index (χ0v) is 17.3. The quantitative estimate of drug-likeness (QED) is 0.734. The second-order valence-electron chi connectivity index (χ2n) is 5.86. The summed E-state index contributed by atoms with van der Waals surface area (Å²) in [5.74, 6) is 0.159. The van der Waals surface area contributed by atoms with Crippen molar-refractivity contribution in [2.24, 2.45) is 5.92 Å². The number of Topliss-reactive ketones (excluding diaryl/α,β-unsaturated/α-hetero) is 1. The summed E-state index contributed by atoms with van der Waals surface area (Å²) in [7, 11) is -7.96. The van der Waals surface area contributed by atoms with Crippen molar-refractivity contribution in [2.45, 2.75) is 52.6 Å². The molecule has 0 aromatic rings. The maximum atomic E-state index is 11.5.